The van der Waals surface area contributed by atoms with Crippen molar-refractivity contribution in [2.24, 2.45) is 5.73 Å². The maximum absolute atomic E-state index is 12.4. The van der Waals surface area contributed by atoms with Crippen LogP contribution in [0.2, 0.25) is 0 Å². The monoisotopic (exact) mass is 369 g/mol. The topological polar surface area (TPSA) is 85.1 Å². The van der Waals surface area contributed by atoms with Gasteiger partial charge in [0.1, 0.15) is 0 Å². The van der Waals surface area contributed by atoms with E-state index in [9.17, 15) is 8.42 Å². The Bertz CT molecular complexity index is 733. The van der Waals surface area contributed by atoms with Gasteiger partial charge in [0, 0.05) is 17.2 Å². The van der Waals surface area contributed by atoms with Gasteiger partial charge in [-0.1, -0.05) is 22.0 Å². The summed E-state index contributed by atoms with van der Waals surface area (Å²) in [5.41, 5.74) is 7.67. The fourth-order valence-corrected chi connectivity index (χ4v) is 3.81. The molecule has 7 heteroatoms. The molecule has 0 bridgehead atoms. The zero-order valence-electron chi connectivity index (χ0n) is 11.5. The van der Waals surface area contributed by atoms with Crippen LogP contribution in [0.1, 0.15) is 16.8 Å². The van der Waals surface area contributed by atoms with Gasteiger partial charge in [0.15, 0.2) is 0 Å². The average Bonchev–Trinajstić information content (AvgIpc) is 2.48. The predicted octanol–water partition coefficient (Wildman–Crippen LogP) is 2.09. The van der Waals surface area contributed by atoms with Gasteiger partial charge in [-0.3, -0.25) is 4.98 Å². The summed E-state index contributed by atoms with van der Waals surface area (Å²) in [5, 5.41) is 0. The lowest BCUT2D eigenvalue weighted by Crippen LogP contribution is -2.24. The second-order valence-corrected chi connectivity index (χ2v) is 7.14. The molecule has 0 radical (unpaired) electrons. The zero-order valence-corrected chi connectivity index (χ0v) is 13.9. The molecule has 1 aromatic heterocycles. The van der Waals surface area contributed by atoms with Gasteiger partial charge in [-0.2, -0.15) is 0 Å². The van der Waals surface area contributed by atoms with Crippen molar-refractivity contribution in [3.8, 4) is 0 Å². The summed E-state index contributed by atoms with van der Waals surface area (Å²) in [6.45, 7) is 2.18. The Morgan fingerprint density at radius 3 is 2.71 bits per heavy atom. The summed E-state index contributed by atoms with van der Waals surface area (Å²) in [6.07, 6.45) is 1.63. The van der Waals surface area contributed by atoms with Crippen molar-refractivity contribution in [1.82, 2.24) is 9.71 Å². The van der Waals surface area contributed by atoms with Crippen molar-refractivity contribution in [3.05, 3.63) is 57.8 Å². The Labute approximate surface area is 132 Å². The summed E-state index contributed by atoms with van der Waals surface area (Å²) >= 11 is 3.37. The Balaban J connectivity index is 2.29. The molecular formula is C14H16BrN3O2S. The van der Waals surface area contributed by atoms with Crippen LogP contribution in [-0.4, -0.2) is 13.4 Å². The maximum atomic E-state index is 12.4. The van der Waals surface area contributed by atoms with Gasteiger partial charge < -0.3 is 5.73 Å². The Kier molecular flexibility index (Phi) is 5.10. The number of nitrogens with one attached hydrogen (secondary N) is 1. The lowest BCUT2D eigenvalue weighted by molar-refractivity contribution is 0.579. The van der Waals surface area contributed by atoms with E-state index in [4.69, 9.17) is 5.73 Å². The molecule has 0 unspecified atom stereocenters. The molecule has 5 nitrogen and oxygen atoms in total. The van der Waals surface area contributed by atoms with Gasteiger partial charge in [0.2, 0.25) is 10.0 Å². The molecule has 0 aliphatic rings. The first-order valence-electron chi connectivity index (χ1n) is 6.32. The SMILES string of the molecule is Cc1c(Br)cc(CN)cc1S(=O)(=O)NCc1ccccn1. The van der Waals surface area contributed by atoms with Crippen molar-refractivity contribution in [2.75, 3.05) is 0 Å². The minimum Gasteiger partial charge on any atom is -0.326 e. The van der Waals surface area contributed by atoms with Crippen LogP contribution in [0.15, 0.2) is 45.9 Å². The van der Waals surface area contributed by atoms with Crippen molar-refractivity contribution >= 4 is 26.0 Å². The van der Waals surface area contributed by atoms with E-state index in [0.717, 1.165) is 10.0 Å². The summed E-state index contributed by atoms with van der Waals surface area (Å²) in [5.74, 6) is 0. The van der Waals surface area contributed by atoms with E-state index in [1.54, 1.807) is 31.3 Å². The molecule has 3 N–H and O–H groups in total. The highest BCUT2D eigenvalue weighted by Gasteiger charge is 2.19. The van der Waals surface area contributed by atoms with Crippen molar-refractivity contribution in [2.45, 2.75) is 24.9 Å². The van der Waals surface area contributed by atoms with Gasteiger partial charge in [-0.25, -0.2) is 13.1 Å². The van der Waals surface area contributed by atoms with Crippen molar-refractivity contribution in [3.63, 3.8) is 0 Å². The molecule has 2 rings (SSSR count). The van der Waals surface area contributed by atoms with Crippen LogP contribution in [-0.2, 0) is 23.1 Å². The third kappa shape index (κ3) is 3.88. The van der Waals surface area contributed by atoms with E-state index < -0.39 is 10.0 Å². The molecule has 0 saturated heterocycles. The van der Waals surface area contributed by atoms with Crippen molar-refractivity contribution < 1.29 is 8.42 Å². The highest BCUT2D eigenvalue weighted by atomic mass is 79.9. The number of benzene rings is 1. The largest absolute Gasteiger partial charge is 0.326 e. The zero-order chi connectivity index (χ0) is 15.5. The van der Waals surface area contributed by atoms with Gasteiger partial charge in [-0.15, -0.1) is 0 Å². The van der Waals surface area contributed by atoms with E-state index in [0.29, 0.717) is 11.3 Å². The van der Waals surface area contributed by atoms with E-state index in [2.05, 4.69) is 25.6 Å². The second kappa shape index (κ2) is 6.65. The van der Waals surface area contributed by atoms with Crippen molar-refractivity contribution in [1.29, 1.82) is 0 Å². The molecule has 1 aromatic carbocycles. The predicted molar refractivity (Wildman–Crippen MR) is 85.0 cm³/mol. The standard InChI is InChI=1S/C14H16BrN3O2S/c1-10-13(15)6-11(8-16)7-14(10)21(19,20)18-9-12-4-2-3-5-17-12/h2-7,18H,8-9,16H2,1H3. The fraction of sp³-hybridized carbons (Fsp3) is 0.214. The summed E-state index contributed by atoms with van der Waals surface area (Å²) in [7, 11) is -3.62. The molecule has 2 aromatic rings. The van der Waals surface area contributed by atoms with Gasteiger partial charge in [0.25, 0.3) is 0 Å². The number of halogens is 1. The number of sulfonamides is 1. The smallest absolute Gasteiger partial charge is 0.241 e. The van der Waals surface area contributed by atoms with Gasteiger partial charge >= 0.3 is 0 Å². The van der Waals surface area contributed by atoms with E-state index >= 15 is 0 Å². The summed E-state index contributed by atoms with van der Waals surface area (Å²) in [4.78, 5) is 4.32. The number of nitrogens with two attached hydrogens (primary N) is 1. The highest BCUT2D eigenvalue weighted by Crippen LogP contribution is 2.25. The number of nitrogens with zero attached hydrogens (tertiary/aromatic N) is 1. The van der Waals surface area contributed by atoms with Crippen LogP contribution in [0.25, 0.3) is 0 Å². The van der Waals surface area contributed by atoms with Crippen LogP contribution < -0.4 is 10.5 Å². The molecule has 0 spiro atoms. The van der Waals surface area contributed by atoms with Gasteiger partial charge in [0.05, 0.1) is 17.1 Å². The number of hydrogen-bond acceptors (Lipinski definition) is 4. The lowest BCUT2D eigenvalue weighted by atomic mass is 10.1. The van der Waals surface area contributed by atoms with E-state index in [-0.39, 0.29) is 18.0 Å². The molecule has 112 valence electrons. The first-order chi connectivity index (χ1) is 9.94. The Morgan fingerprint density at radius 2 is 2.10 bits per heavy atom. The van der Waals surface area contributed by atoms with E-state index in [1.807, 2.05) is 12.1 Å². The van der Waals surface area contributed by atoms with E-state index in [1.165, 1.54) is 0 Å². The Morgan fingerprint density at radius 1 is 1.33 bits per heavy atom. The number of rotatable bonds is 5. The third-order valence-corrected chi connectivity index (χ3v) is 5.40. The molecule has 0 saturated carbocycles. The number of hydrogen-bond donors (Lipinski definition) is 2. The molecule has 0 atom stereocenters. The van der Waals surface area contributed by atoms with Crippen LogP contribution in [0, 0.1) is 6.92 Å². The maximum Gasteiger partial charge on any atom is 0.241 e. The lowest BCUT2D eigenvalue weighted by Gasteiger charge is -2.12. The van der Waals surface area contributed by atoms with Crippen LogP contribution in [0.4, 0.5) is 0 Å². The molecule has 1 heterocycles. The molecule has 21 heavy (non-hydrogen) atoms. The van der Waals surface area contributed by atoms with Gasteiger partial charge in [-0.05, 0) is 42.3 Å². The minimum absolute atomic E-state index is 0.146. The molecule has 0 amide bonds. The number of aromatic nitrogens is 1. The average molecular weight is 370 g/mol. The second-order valence-electron chi connectivity index (χ2n) is 4.55. The fourth-order valence-electron chi connectivity index (χ4n) is 1.85. The first-order valence-corrected chi connectivity index (χ1v) is 8.60. The first kappa shape index (κ1) is 16.1. The van der Waals surface area contributed by atoms with Crippen LogP contribution in [0.3, 0.4) is 0 Å². The van der Waals surface area contributed by atoms with Crippen LogP contribution in [0.5, 0.6) is 0 Å². The third-order valence-electron chi connectivity index (χ3n) is 3.05. The normalized spacial score (nSPS) is 11.6. The quantitative estimate of drug-likeness (QED) is 0.844. The molecule has 0 aliphatic carbocycles. The summed E-state index contributed by atoms with van der Waals surface area (Å²) in [6, 6.07) is 8.78. The molecular weight excluding hydrogens is 354 g/mol. The summed E-state index contributed by atoms with van der Waals surface area (Å²) < 4.78 is 28.2. The van der Waals surface area contributed by atoms with Crippen LogP contribution >= 0.6 is 15.9 Å². The Hall–Kier alpha value is -1.28. The number of pyridine rings is 1. The molecule has 0 aliphatic heterocycles. The molecule has 0 fully saturated rings. The minimum atomic E-state index is -3.62. The highest BCUT2D eigenvalue weighted by molar-refractivity contribution is 9.10.